The predicted octanol–water partition coefficient (Wildman–Crippen LogP) is 6.70. The molecule has 2 aromatic heterocycles. The molecular formula is C38H50FN5O5. The third-order valence-corrected chi connectivity index (χ3v) is 8.40. The molecule has 10 nitrogen and oxygen atoms in total. The summed E-state index contributed by atoms with van der Waals surface area (Å²) in [5, 5.41) is 0. The maximum absolute atomic E-state index is 15.3. The fourth-order valence-corrected chi connectivity index (χ4v) is 6.20. The van der Waals surface area contributed by atoms with E-state index in [1.54, 1.807) is 34.2 Å². The highest BCUT2D eigenvalue weighted by Gasteiger charge is 2.46. The normalized spacial score (nSPS) is 19.3. The van der Waals surface area contributed by atoms with Crippen LogP contribution in [-0.4, -0.2) is 88.6 Å². The highest BCUT2D eigenvalue weighted by Crippen LogP contribution is 2.35. The summed E-state index contributed by atoms with van der Waals surface area (Å²) in [5.74, 6) is 0.414. The van der Waals surface area contributed by atoms with Gasteiger partial charge in [0.05, 0.1) is 31.5 Å². The Labute approximate surface area is 289 Å². The van der Waals surface area contributed by atoms with Gasteiger partial charge in [-0.2, -0.15) is 0 Å². The van der Waals surface area contributed by atoms with Crippen LogP contribution in [0.3, 0.4) is 0 Å². The van der Waals surface area contributed by atoms with Crippen molar-refractivity contribution in [2.24, 2.45) is 5.92 Å². The minimum Gasteiger partial charge on any atom is -0.444 e. The smallest absolute Gasteiger partial charge is 0.416 e. The van der Waals surface area contributed by atoms with E-state index in [2.05, 4.69) is 4.98 Å². The van der Waals surface area contributed by atoms with Crippen molar-refractivity contribution in [1.82, 2.24) is 19.8 Å². The lowest BCUT2D eigenvalue weighted by Crippen LogP contribution is -2.57. The number of rotatable bonds is 10. The van der Waals surface area contributed by atoms with Crippen LogP contribution in [0.25, 0.3) is 0 Å². The number of nitrogens with zero attached hydrogens (tertiary/aromatic N) is 5. The number of pyridine rings is 2. The van der Waals surface area contributed by atoms with Gasteiger partial charge in [0.15, 0.2) is 5.67 Å². The number of hydrogen-bond acceptors (Lipinski definition) is 8. The van der Waals surface area contributed by atoms with Crippen molar-refractivity contribution >= 4 is 18.0 Å². The van der Waals surface area contributed by atoms with E-state index in [1.807, 2.05) is 95.8 Å². The summed E-state index contributed by atoms with van der Waals surface area (Å²) in [5.41, 5.74) is 0.360. The van der Waals surface area contributed by atoms with Crippen LogP contribution in [0.1, 0.15) is 64.1 Å². The number of carbonyl (C=O) groups excluding carboxylic acids is 2. The molecule has 2 amide bonds. The number of alkyl halides is 1. The van der Waals surface area contributed by atoms with E-state index in [4.69, 9.17) is 19.2 Å². The van der Waals surface area contributed by atoms with Gasteiger partial charge in [-0.15, -0.1) is 0 Å². The summed E-state index contributed by atoms with van der Waals surface area (Å²) in [6, 6.07) is 18.9. The topological polar surface area (TPSA) is 97.3 Å². The highest BCUT2D eigenvalue weighted by molar-refractivity contribution is 5.86. The molecule has 2 aliphatic heterocycles. The summed E-state index contributed by atoms with van der Waals surface area (Å²) in [6.07, 6.45) is 0.981. The van der Waals surface area contributed by atoms with Crippen molar-refractivity contribution < 1.29 is 28.2 Å². The molecule has 0 saturated carbocycles. The maximum atomic E-state index is 15.3. The number of carbonyl (C=O) groups is 2. The number of ether oxygens (including phenoxy) is 3. The fourth-order valence-electron chi connectivity index (χ4n) is 6.20. The summed E-state index contributed by atoms with van der Waals surface area (Å²) < 4.78 is 33.2. The lowest BCUT2D eigenvalue weighted by Gasteiger charge is -2.44. The average Bonchev–Trinajstić information content (AvgIpc) is 3.40. The second kappa shape index (κ2) is 14.8. The lowest BCUT2D eigenvalue weighted by molar-refractivity contribution is -0.0617. The number of benzene rings is 1. The Kier molecular flexibility index (Phi) is 10.9. The van der Waals surface area contributed by atoms with Gasteiger partial charge in [0.1, 0.15) is 17.0 Å². The Morgan fingerprint density at radius 1 is 0.959 bits per heavy atom. The van der Waals surface area contributed by atoms with E-state index < -0.39 is 23.0 Å². The average molecular weight is 676 g/mol. The quantitative estimate of drug-likeness (QED) is 0.234. The molecule has 11 heteroatoms. The number of hydrogen-bond donors (Lipinski definition) is 0. The van der Waals surface area contributed by atoms with Crippen LogP contribution in [0.2, 0.25) is 0 Å². The van der Waals surface area contributed by atoms with Gasteiger partial charge in [0.2, 0.25) is 0 Å². The minimum atomic E-state index is -1.45. The Balaban J connectivity index is 1.30. The first-order valence-corrected chi connectivity index (χ1v) is 17.0. The number of aromatic nitrogens is 2. The summed E-state index contributed by atoms with van der Waals surface area (Å²) in [4.78, 5) is 41.1. The third kappa shape index (κ3) is 9.98. The van der Waals surface area contributed by atoms with E-state index >= 15 is 4.39 Å². The Morgan fingerprint density at radius 2 is 1.65 bits per heavy atom. The standard InChI is InChI=1S/C38H50FN5O5/c1-27-19-30(41-33(20-27)44(35(46)49-37(5,6)7)22-28-13-9-8-10-14-28)21-29-23-43(34(45)48-36(2,3)4)24-31(29)47-18-17-42-25-38(39,26-42)32-15-11-12-16-40-32/h8-16,19-20,29,31H,17-18,21-26H2,1-7H3. The van der Waals surface area contributed by atoms with Gasteiger partial charge in [0, 0.05) is 44.0 Å². The molecule has 264 valence electrons. The molecule has 0 N–H and O–H groups in total. The van der Waals surface area contributed by atoms with E-state index in [1.165, 1.54) is 0 Å². The van der Waals surface area contributed by atoms with Gasteiger partial charge in [0.25, 0.3) is 0 Å². The van der Waals surface area contributed by atoms with Crippen LogP contribution in [-0.2, 0) is 32.8 Å². The van der Waals surface area contributed by atoms with Crippen molar-refractivity contribution in [3.63, 3.8) is 0 Å². The first kappa shape index (κ1) is 36.2. The molecule has 49 heavy (non-hydrogen) atoms. The molecule has 2 atom stereocenters. The zero-order valence-electron chi connectivity index (χ0n) is 29.8. The monoisotopic (exact) mass is 675 g/mol. The number of amides is 2. The van der Waals surface area contributed by atoms with Crippen LogP contribution in [0.15, 0.2) is 66.9 Å². The van der Waals surface area contributed by atoms with Crippen LogP contribution in [0, 0.1) is 12.8 Å². The lowest BCUT2D eigenvalue weighted by atomic mass is 9.92. The zero-order valence-corrected chi connectivity index (χ0v) is 29.8. The molecule has 2 saturated heterocycles. The van der Waals surface area contributed by atoms with E-state index in [0.717, 1.165) is 16.8 Å². The maximum Gasteiger partial charge on any atom is 0.416 e. The molecular weight excluding hydrogens is 625 g/mol. The molecule has 5 rings (SSSR count). The first-order valence-electron chi connectivity index (χ1n) is 17.0. The van der Waals surface area contributed by atoms with E-state index in [0.29, 0.717) is 50.7 Å². The summed E-state index contributed by atoms with van der Waals surface area (Å²) in [7, 11) is 0. The largest absolute Gasteiger partial charge is 0.444 e. The van der Waals surface area contributed by atoms with Gasteiger partial charge < -0.3 is 19.1 Å². The first-order chi connectivity index (χ1) is 23.1. The van der Waals surface area contributed by atoms with Crippen LogP contribution >= 0.6 is 0 Å². The molecule has 0 aliphatic carbocycles. The van der Waals surface area contributed by atoms with E-state index in [9.17, 15) is 9.59 Å². The molecule has 2 unspecified atom stereocenters. The molecule has 0 bridgehead atoms. The van der Waals surface area contributed by atoms with E-state index in [-0.39, 0.29) is 31.2 Å². The van der Waals surface area contributed by atoms with Crippen molar-refractivity contribution in [3.05, 3.63) is 89.4 Å². The van der Waals surface area contributed by atoms with Gasteiger partial charge in [-0.3, -0.25) is 14.8 Å². The van der Waals surface area contributed by atoms with Gasteiger partial charge >= 0.3 is 12.2 Å². The Morgan fingerprint density at radius 3 is 2.31 bits per heavy atom. The Bertz CT molecular complexity index is 1570. The van der Waals surface area contributed by atoms with Gasteiger partial charge in [-0.05, 0) is 90.3 Å². The molecule has 4 heterocycles. The number of aryl methyl sites for hydroxylation is 1. The van der Waals surface area contributed by atoms with Crippen molar-refractivity contribution in [3.8, 4) is 0 Å². The summed E-state index contributed by atoms with van der Waals surface area (Å²) in [6.45, 7) is 15.6. The molecule has 3 aromatic rings. The van der Waals surface area contributed by atoms with Crippen LogP contribution in [0.4, 0.5) is 19.8 Å². The zero-order chi connectivity index (χ0) is 35.4. The number of halogens is 1. The second-order valence-corrected chi connectivity index (χ2v) is 15.2. The molecule has 0 radical (unpaired) electrons. The van der Waals surface area contributed by atoms with Crippen molar-refractivity contribution in [2.75, 3.05) is 44.2 Å². The Hall–Kier alpha value is -4.09. The summed E-state index contributed by atoms with van der Waals surface area (Å²) >= 11 is 0. The highest BCUT2D eigenvalue weighted by atomic mass is 19.1. The number of anilines is 1. The van der Waals surface area contributed by atoms with Crippen LogP contribution in [0.5, 0.6) is 0 Å². The number of likely N-dealkylation sites (tertiary alicyclic amines) is 2. The second-order valence-electron chi connectivity index (χ2n) is 15.2. The minimum absolute atomic E-state index is 0.0797. The van der Waals surface area contributed by atoms with Gasteiger partial charge in [-0.25, -0.2) is 19.0 Å². The molecule has 2 aliphatic rings. The predicted molar refractivity (Wildman–Crippen MR) is 186 cm³/mol. The van der Waals surface area contributed by atoms with Crippen molar-refractivity contribution in [1.29, 1.82) is 0 Å². The SMILES string of the molecule is Cc1cc(CC2CN(C(=O)OC(C)(C)C)CC2OCCN2CC(F)(c3ccccn3)C2)nc(N(Cc2ccccc2)C(=O)OC(C)(C)C)c1. The fraction of sp³-hybridized carbons (Fsp3) is 0.526. The molecule has 0 spiro atoms. The van der Waals surface area contributed by atoms with Gasteiger partial charge in [-0.1, -0.05) is 36.4 Å². The molecule has 2 fully saturated rings. The van der Waals surface area contributed by atoms with Crippen molar-refractivity contribution in [2.45, 2.75) is 84.4 Å². The third-order valence-electron chi connectivity index (χ3n) is 8.40. The molecule has 1 aromatic carbocycles. The van der Waals surface area contributed by atoms with Crippen LogP contribution < -0.4 is 4.90 Å².